The minimum absolute atomic E-state index is 0.117. The molecule has 0 aliphatic rings. The third kappa shape index (κ3) is 5.38. The summed E-state index contributed by atoms with van der Waals surface area (Å²) in [5.74, 6) is -0.442. The number of carbonyl (C=O) groups is 2. The minimum atomic E-state index is -0.442. The highest BCUT2D eigenvalue weighted by molar-refractivity contribution is 6.32. The van der Waals surface area contributed by atoms with Gasteiger partial charge in [-0.05, 0) is 12.5 Å². The lowest BCUT2D eigenvalue weighted by Crippen LogP contribution is -2.38. The van der Waals surface area contributed by atoms with Crippen molar-refractivity contribution in [3.8, 4) is 0 Å². The van der Waals surface area contributed by atoms with Gasteiger partial charge in [-0.25, -0.2) is 4.79 Å². The van der Waals surface area contributed by atoms with Gasteiger partial charge >= 0.3 is 12.0 Å². The van der Waals surface area contributed by atoms with Gasteiger partial charge < -0.3 is 15.4 Å². The van der Waals surface area contributed by atoms with Gasteiger partial charge in [0.15, 0.2) is 0 Å². The second-order valence-electron chi connectivity index (χ2n) is 3.83. The Kier molecular flexibility index (Phi) is 5.77. The Morgan fingerprint density at radius 2 is 1.89 bits per heavy atom. The van der Waals surface area contributed by atoms with Crippen LogP contribution in [-0.4, -0.2) is 33.0 Å². The first-order chi connectivity index (χ1) is 8.61. The van der Waals surface area contributed by atoms with Crippen LogP contribution >= 0.6 is 0 Å². The van der Waals surface area contributed by atoms with E-state index in [1.807, 2.05) is 32.1 Å². The molecular formula is C12H17BN2O3. The molecular weight excluding hydrogens is 231 g/mol. The SMILES string of the molecule is Bc1ccc(CNC(=O)NCC(=O)OCC)cc1. The maximum atomic E-state index is 11.4. The van der Waals surface area contributed by atoms with Gasteiger partial charge in [-0.2, -0.15) is 0 Å². The number of hydrogen-bond donors (Lipinski definition) is 2. The van der Waals surface area contributed by atoms with Gasteiger partial charge in [-0.15, -0.1) is 0 Å². The third-order valence-electron chi connectivity index (χ3n) is 2.27. The van der Waals surface area contributed by atoms with Crippen molar-refractivity contribution in [1.29, 1.82) is 0 Å². The summed E-state index contributed by atoms with van der Waals surface area (Å²) >= 11 is 0. The molecule has 0 heterocycles. The van der Waals surface area contributed by atoms with E-state index in [-0.39, 0.29) is 12.6 Å². The molecule has 2 amide bonds. The average Bonchev–Trinajstić information content (AvgIpc) is 2.36. The molecule has 0 bridgehead atoms. The molecule has 18 heavy (non-hydrogen) atoms. The smallest absolute Gasteiger partial charge is 0.325 e. The van der Waals surface area contributed by atoms with Gasteiger partial charge in [-0.1, -0.05) is 29.7 Å². The molecule has 0 aliphatic heterocycles. The van der Waals surface area contributed by atoms with Crippen LogP contribution in [0.1, 0.15) is 12.5 Å². The summed E-state index contributed by atoms with van der Waals surface area (Å²) in [5.41, 5.74) is 2.18. The minimum Gasteiger partial charge on any atom is -0.465 e. The zero-order chi connectivity index (χ0) is 13.4. The van der Waals surface area contributed by atoms with Crippen molar-refractivity contribution >= 4 is 25.3 Å². The molecule has 0 spiro atoms. The number of ether oxygens (including phenoxy) is 1. The van der Waals surface area contributed by atoms with Crippen LogP contribution < -0.4 is 16.1 Å². The maximum absolute atomic E-state index is 11.4. The summed E-state index contributed by atoms with van der Waals surface area (Å²) in [6, 6.07) is 7.46. The molecule has 0 fully saturated rings. The van der Waals surface area contributed by atoms with Crippen LogP contribution in [0.4, 0.5) is 4.79 Å². The largest absolute Gasteiger partial charge is 0.465 e. The Morgan fingerprint density at radius 1 is 1.22 bits per heavy atom. The summed E-state index contributed by atoms with van der Waals surface area (Å²) in [6.07, 6.45) is 0. The lowest BCUT2D eigenvalue weighted by Gasteiger charge is -2.07. The number of nitrogens with one attached hydrogen (secondary N) is 2. The van der Waals surface area contributed by atoms with E-state index in [2.05, 4.69) is 15.4 Å². The molecule has 0 aromatic heterocycles. The average molecular weight is 248 g/mol. The normalized spacial score (nSPS) is 9.61. The van der Waals surface area contributed by atoms with Gasteiger partial charge in [0.25, 0.3) is 0 Å². The van der Waals surface area contributed by atoms with Crippen molar-refractivity contribution in [2.45, 2.75) is 13.5 Å². The van der Waals surface area contributed by atoms with Crippen molar-refractivity contribution in [1.82, 2.24) is 10.6 Å². The van der Waals surface area contributed by atoms with Crippen molar-refractivity contribution in [2.24, 2.45) is 0 Å². The lowest BCUT2D eigenvalue weighted by atomic mass is 9.95. The number of amides is 2. The highest BCUT2D eigenvalue weighted by atomic mass is 16.5. The Balaban J connectivity index is 2.24. The molecule has 0 saturated heterocycles. The highest BCUT2D eigenvalue weighted by Gasteiger charge is 2.04. The molecule has 2 N–H and O–H groups in total. The van der Waals surface area contributed by atoms with Crippen molar-refractivity contribution < 1.29 is 14.3 Å². The number of rotatable bonds is 5. The van der Waals surface area contributed by atoms with E-state index in [9.17, 15) is 9.59 Å². The Morgan fingerprint density at radius 3 is 2.50 bits per heavy atom. The molecule has 6 heteroatoms. The van der Waals surface area contributed by atoms with E-state index in [1.54, 1.807) is 6.92 Å². The van der Waals surface area contributed by atoms with Crippen LogP contribution in [0.5, 0.6) is 0 Å². The zero-order valence-electron chi connectivity index (χ0n) is 10.7. The highest BCUT2D eigenvalue weighted by Crippen LogP contribution is 1.95. The first kappa shape index (κ1) is 14.1. The summed E-state index contributed by atoms with van der Waals surface area (Å²) < 4.78 is 4.69. The van der Waals surface area contributed by atoms with Crippen LogP contribution in [0.3, 0.4) is 0 Å². The molecule has 0 saturated carbocycles. The first-order valence-electron chi connectivity index (χ1n) is 5.84. The Hall–Kier alpha value is -1.98. The van der Waals surface area contributed by atoms with Crippen molar-refractivity contribution in [3.05, 3.63) is 29.8 Å². The van der Waals surface area contributed by atoms with Crippen LogP contribution in [-0.2, 0) is 16.1 Å². The molecule has 1 aromatic rings. The van der Waals surface area contributed by atoms with Crippen LogP contribution in [0, 0.1) is 0 Å². The van der Waals surface area contributed by atoms with Crippen LogP contribution in [0.15, 0.2) is 24.3 Å². The van der Waals surface area contributed by atoms with E-state index in [0.29, 0.717) is 13.2 Å². The molecule has 0 atom stereocenters. The molecule has 0 unspecified atom stereocenters. The number of benzene rings is 1. The maximum Gasteiger partial charge on any atom is 0.325 e. The first-order valence-corrected chi connectivity index (χ1v) is 5.84. The van der Waals surface area contributed by atoms with E-state index in [0.717, 1.165) is 5.56 Å². The third-order valence-corrected chi connectivity index (χ3v) is 2.27. The summed E-state index contributed by atoms with van der Waals surface area (Å²) in [7, 11) is 2.00. The number of esters is 1. The standard InChI is InChI=1S/C12H17BN2O3/c1-2-18-11(16)8-15-12(17)14-7-9-3-5-10(13)6-4-9/h3-6H,2,7-8,13H2,1H3,(H2,14,15,17). The Labute approximate surface area is 107 Å². The van der Waals surface area contributed by atoms with Gasteiger partial charge in [0.2, 0.25) is 0 Å². The summed E-state index contributed by atoms with van der Waals surface area (Å²) in [4.78, 5) is 22.4. The van der Waals surface area contributed by atoms with Gasteiger partial charge in [0.05, 0.1) is 6.61 Å². The van der Waals surface area contributed by atoms with E-state index >= 15 is 0 Å². The van der Waals surface area contributed by atoms with Gasteiger partial charge in [-0.3, -0.25) is 4.79 Å². The molecule has 1 aromatic carbocycles. The predicted molar refractivity (Wildman–Crippen MR) is 71.5 cm³/mol. The molecule has 1 rings (SSSR count). The molecule has 96 valence electrons. The number of carbonyl (C=O) groups excluding carboxylic acids is 2. The quantitative estimate of drug-likeness (QED) is 0.535. The van der Waals surface area contributed by atoms with E-state index < -0.39 is 5.97 Å². The lowest BCUT2D eigenvalue weighted by molar-refractivity contribution is -0.141. The van der Waals surface area contributed by atoms with Crippen molar-refractivity contribution in [3.63, 3.8) is 0 Å². The molecule has 0 radical (unpaired) electrons. The summed E-state index contributed by atoms with van der Waals surface area (Å²) in [5, 5.41) is 5.08. The fraction of sp³-hybridized carbons (Fsp3) is 0.333. The summed E-state index contributed by atoms with van der Waals surface area (Å²) in [6.45, 7) is 2.34. The van der Waals surface area contributed by atoms with Crippen molar-refractivity contribution in [2.75, 3.05) is 13.2 Å². The van der Waals surface area contributed by atoms with E-state index in [1.165, 1.54) is 5.46 Å². The fourth-order valence-corrected chi connectivity index (χ4v) is 1.32. The zero-order valence-corrected chi connectivity index (χ0v) is 10.7. The van der Waals surface area contributed by atoms with Crippen LogP contribution in [0.2, 0.25) is 0 Å². The fourth-order valence-electron chi connectivity index (χ4n) is 1.32. The Bertz CT molecular complexity index is 406. The van der Waals surface area contributed by atoms with Gasteiger partial charge in [0, 0.05) is 6.54 Å². The van der Waals surface area contributed by atoms with E-state index in [4.69, 9.17) is 0 Å². The second kappa shape index (κ2) is 7.37. The number of hydrogen-bond acceptors (Lipinski definition) is 3. The predicted octanol–water partition coefficient (Wildman–Crippen LogP) is -0.693. The molecule has 0 aliphatic carbocycles. The number of urea groups is 1. The monoisotopic (exact) mass is 248 g/mol. The molecule has 5 nitrogen and oxygen atoms in total. The topological polar surface area (TPSA) is 67.4 Å². The van der Waals surface area contributed by atoms with Crippen LogP contribution in [0.25, 0.3) is 0 Å². The second-order valence-corrected chi connectivity index (χ2v) is 3.83. The van der Waals surface area contributed by atoms with Gasteiger partial charge in [0.1, 0.15) is 14.4 Å².